The van der Waals surface area contributed by atoms with E-state index in [0.717, 1.165) is 12.0 Å². The Balaban J connectivity index is 1.80. The summed E-state index contributed by atoms with van der Waals surface area (Å²) in [6.45, 7) is 3.85. The molecule has 0 radical (unpaired) electrons. The number of benzene rings is 1. The Labute approximate surface area is 149 Å². The molecule has 3 rings (SSSR count). The maximum atomic E-state index is 12.9. The van der Waals surface area contributed by atoms with E-state index in [4.69, 9.17) is 0 Å². The largest absolute Gasteiger partial charge is 0.327 e. The maximum absolute atomic E-state index is 12.9. The predicted molar refractivity (Wildman–Crippen MR) is 96.0 cm³/mol. The topological polar surface area (TPSA) is 79.4 Å². The van der Waals surface area contributed by atoms with E-state index in [1.165, 1.54) is 18.3 Å². The number of hydrogen-bond donors (Lipinski definition) is 1. The molecule has 1 unspecified atom stereocenters. The number of aromatic nitrogens is 1. The van der Waals surface area contributed by atoms with E-state index in [2.05, 4.69) is 10.3 Å². The molecule has 7 heteroatoms. The van der Waals surface area contributed by atoms with Crippen LogP contribution < -0.4 is 5.32 Å². The van der Waals surface area contributed by atoms with Crippen LogP contribution in [0.1, 0.15) is 46.0 Å². The van der Waals surface area contributed by atoms with Crippen molar-refractivity contribution in [2.45, 2.75) is 32.7 Å². The zero-order chi connectivity index (χ0) is 18.0. The van der Waals surface area contributed by atoms with Gasteiger partial charge in [-0.25, -0.2) is 4.98 Å². The van der Waals surface area contributed by atoms with Crippen LogP contribution in [0.25, 0.3) is 0 Å². The molecule has 1 N–H and O–H groups in total. The summed E-state index contributed by atoms with van der Waals surface area (Å²) in [5.41, 5.74) is 1.81. The Morgan fingerprint density at radius 1 is 1.32 bits per heavy atom. The number of rotatable bonds is 4. The monoisotopic (exact) mass is 357 g/mol. The van der Waals surface area contributed by atoms with Gasteiger partial charge in [-0.2, -0.15) is 0 Å². The van der Waals surface area contributed by atoms with Crippen molar-refractivity contribution in [3.63, 3.8) is 0 Å². The number of aryl methyl sites for hydroxylation is 1. The van der Waals surface area contributed by atoms with Gasteiger partial charge in [0.15, 0.2) is 10.9 Å². The molecule has 0 aliphatic carbocycles. The molecule has 2 aromatic rings. The van der Waals surface area contributed by atoms with Crippen LogP contribution in [0.2, 0.25) is 0 Å². The highest BCUT2D eigenvalue weighted by Gasteiger charge is 2.35. The molecule has 1 aliphatic rings. The molecule has 0 spiro atoms. The third-order valence-electron chi connectivity index (χ3n) is 4.34. The van der Waals surface area contributed by atoms with Gasteiger partial charge in [-0.3, -0.25) is 14.4 Å². The minimum Gasteiger partial charge on any atom is -0.327 e. The lowest BCUT2D eigenvalue weighted by atomic mass is 10.0. The standard InChI is InChI=1S/C18H19N3O3S/c1-11-5-6-13(10-14(11)12(2)22)17(24)21-8-3-4-15(21)16(23)20-18-19-7-9-25-18/h5-7,9-10,15H,3-4,8H2,1-2H3,(H,19,20,23). The number of ketones is 1. The second-order valence-electron chi connectivity index (χ2n) is 6.07. The van der Waals surface area contributed by atoms with Crippen LogP contribution in [0.15, 0.2) is 29.8 Å². The summed E-state index contributed by atoms with van der Waals surface area (Å²) in [6.07, 6.45) is 3.01. The average molecular weight is 357 g/mol. The number of amides is 2. The van der Waals surface area contributed by atoms with Gasteiger partial charge in [0.1, 0.15) is 6.04 Å². The first-order valence-electron chi connectivity index (χ1n) is 8.10. The van der Waals surface area contributed by atoms with Gasteiger partial charge in [0.25, 0.3) is 5.91 Å². The predicted octanol–water partition coefficient (Wildman–Crippen LogP) is 2.90. The van der Waals surface area contributed by atoms with Crippen molar-refractivity contribution in [3.8, 4) is 0 Å². The zero-order valence-electron chi connectivity index (χ0n) is 14.1. The SMILES string of the molecule is CC(=O)c1cc(C(=O)N2CCCC2C(=O)Nc2nccs2)ccc1C. The molecule has 1 saturated heterocycles. The molecule has 130 valence electrons. The highest BCUT2D eigenvalue weighted by Crippen LogP contribution is 2.23. The molecule has 0 bridgehead atoms. The average Bonchev–Trinajstić information content (AvgIpc) is 3.25. The lowest BCUT2D eigenvalue weighted by molar-refractivity contribution is -0.119. The molecular weight excluding hydrogens is 338 g/mol. The van der Waals surface area contributed by atoms with E-state index in [1.807, 2.05) is 6.92 Å². The van der Waals surface area contributed by atoms with Crippen LogP contribution >= 0.6 is 11.3 Å². The van der Waals surface area contributed by atoms with E-state index < -0.39 is 6.04 Å². The highest BCUT2D eigenvalue weighted by atomic mass is 32.1. The highest BCUT2D eigenvalue weighted by molar-refractivity contribution is 7.13. The van der Waals surface area contributed by atoms with Gasteiger partial charge < -0.3 is 10.2 Å². The van der Waals surface area contributed by atoms with Crippen LogP contribution in [0.3, 0.4) is 0 Å². The fourth-order valence-corrected chi connectivity index (χ4v) is 3.59. The molecule has 6 nitrogen and oxygen atoms in total. The Morgan fingerprint density at radius 2 is 2.12 bits per heavy atom. The minimum absolute atomic E-state index is 0.0772. The second-order valence-corrected chi connectivity index (χ2v) is 6.96. The molecule has 1 aromatic carbocycles. The van der Waals surface area contributed by atoms with E-state index in [-0.39, 0.29) is 17.6 Å². The summed E-state index contributed by atoms with van der Waals surface area (Å²) in [4.78, 5) is 42.7. The molecule has 1 fully saturated rings. The van der Waals surface area contributed by atoms with E-state index in [9.17, 15) is 14.4 Å². The molecule has 25 heavy (non-hydrogen) atoms. The maximum Gasteiger partial charge on any atom is 0.254 e. The molecule has 2 heterocycles. The number of Topliss-reactive ketones (excluding diaryl/α,β-unsaturated/α-hetero) is 1. The Kier molecular flexibility index (Phi) is 4.94. The van der Waals surface area contributed by atoms with E-state index in [0.29, 0.717) is 29.2 Å². The van der Waals surface area contributed by atoms with Gasteiger partial charge in [-0.1, -0.05) is 6.07 Å². The number of thiazole rings is 1. The van der Waals surface area contributed by atoms with Gasteiger partial charge in [-0.15, -0.1) is 11.3 Å². The third-order valence-corrected chi connectivity index (χ3v) is 5.03. The number of carbonyl (C=O) groups is 3. The van der Waals surface area contributed by atoms with Gasteiger partial charge in [-0.05, 0) is 44.4 Å². The Hall–Kier alpha value is -2.54. The smallest absolute Gasteiger partial charge is 0.254 e. The summed E-state index contributed by atoms with van der Waals surface area (Å²) in [6, 6.07) is 4.58. The number of likely N-dealkylation sites (tertiary alicyclic amines) is 1. The Bertz CT molecular complexity index is 817. The van der Waals surface area contributed by atoms with Gasteiger partial charge >= 0.3 is 0 Å². The van der Waals surface area contributed by atoms with E-state index >= 15 is 0 Å². The quantitative estimate of drug-likeness (QED) is 0.853. The molecular formula is C18H19N3O3S. The first-order valence-corrected chi connectivity index (χ1v) is 8.98. The zero-order valence-corrected chi connectivity index (χ0v) is 14.9. The van der Waals surface area contributed by atoms with Crippen LogP contribution in [-0.4, -0.2) is 40.1 Å². The van der Waals surface area contributed by atoms with Crippen molar-refractivity contribution in [2.75, 3.05) is 11.9 Å². The summed E-state index contributed by atoms with van der Waals surface area (Å²) >= 11 is 1.34. The fourth-order valence-electron chi connectivity index (χ4n) is 3.06. The number of nitrogens with one attached hydrogen (secondary N) is 1. The number of carbonyl (C=O) groups excluding carboxylic acids is 3. The number of nitrogens with zero attached hydrogens (tertiary/aromatic N) is 2. The molecule has 2 amide bonds. The lowest BCUT2D eigenvalue weighted by Gasteiger charge is -2.24. The van der Waals surface area contributed by atoms with Gasteiger partial charge in [0, 0.05) is 29.2 Å². The van der Waals surface area contributed by atoms with Crippen LogP contribution in [-0.2, 0) is 4.79 Å². The summed E-state index contributed by atoms with van der Waals surface area (Å²) in [5.74, 6) is -0.523. The van der Waals surface area contributed by atoms with Gasteiger partial charge in [0.05, 0.1) is 0 Å². The van der Waals surface area contributed by atoms with Crippen LogP contribution in [0.5, 0.6) is 0 Å². The van der Waals surface area contributed by atoms with Gasteiger partial charge in [0.2, 0.25) is 5.91 Å². The van der Waals surface area contributed by atoms with Crippen LogP contribution in [0, 0.1) is 6.92 Å². The lowest BCUT2D eigenvalue weighted by Crippen LogP contribution is -2.43. The normalized spacial score (nSPS) is 16.7. The molecule has 1 atom stereocenters. The first kappa shape index (κ1) is 17.3. The summed E-state index contributed by atoms with van der Waals surface area (Å²) < 4.78 is 0. The van der Waals surface area contributed by atoms with Crippen molar-refractivity contribution in [1.29, 1.82) is 0 Å². The molecule has 0 saturated carbocycles. The van der Waals surface area contributed by atoms with Crippen LogP contribution in [0.4, 0.5) is 5.13 Å². The van der Waals surface area contributed by atoms with Crippen molar-refractivity contribution in [2.24, 2.45) is 0 Å². The summed E-state index contributed by atoms with van der Waals surface area (Å²) in [7, 11) is 0. The summed E-state index contributed by atoms with van der Waals surface area (Å²) in [5, 5.41) is 5.07. The molecule has 1 aliphatic heterocycles. The first-order chi connectivity index (χ1) is 12.0. The Morgan fingerprint density at radius 3 is 2.80 bits per heavy atom. The fraction of sp³-hybridized carbons (Fsp3) is 0.333. The third kappa shape index (κ3) is 3.61. The van der Waals surface area contributed by atoms with E-state index in [1.54, 1.807) is 34.7 Å². The minimum atomic E-state index is -0.515. The number of anilines is 1. The van der Waals surface area contributed by atoms with Crippen molar-refractivity contribution in [1.82, 2.24) is 9.88 Å². The number of hydrogen-bond acceptors (Lipinski definition) is 5. The molecule has 1 aromatic heterocycles. The van der Waals surface area contributed by atoms with Crippen molar-refractivity contribution in [3.05, 3.63) is 46.5 Å². The van der Waals surface area contributed by atoms with Crippen molar-refractivity contribution < 1.29 is 14.4 Å². The second kappa shape index (κ2) is 7.14. The van der Waals surface area contributed by atoms with Crippen molar-refractivity contribution >= 4 is 34.1 Å².